The molecule has 1 unspecified atom stereocenters. The van der Waals surface area contributed by atoms with Crippen LogP contribution in [-0.4, -0.2) is 10.0 Å². The van der Waals surface area contributed by atoms with Gasteiger partial charge in [-0.05, 0) is 18.3 Å². The van der Waals surface area contributed by atoms with E-state index >= 15 is 0 Å². The molecule has 1 aliphatic heterocycles. The number of nitrogens with one attached hydrogen (secondary N) is 3. The van der Waals surface area contributed by atoms with Crippen LogP contribution in [-0.2, 0) is 0 Å². The summed E-state index contributed by atoms with van der Waals surface area (Å²) in [5, 5.41) is 14.1. The molecule has 1 heterocycles. The van der Waals surface area contributed by atoms with Crippen LogP contribution in [0.4, 0.5) is 5.69 Å². The molecular formula is C8H8N4O2S. The molecule has 2 rings (SSSR count). The quantitative estimate of drug-likeness (QED) is 0.387. The van der Waals surface area contributed by atoms with E-state index in [0.29, 0.717) is 10.7 Å². The first-order valence-corrected chi connectivity index (χ1v) is 4.64. The number of hydrogen-bond acceptors (Lipinski definition) is 4. The lowest BCUT2D eigenvalue weighted by Crippen LogP contribution is -2.27. The van der Waals surface area contributed by atoms with Crippen molar-refractivity contribution in [3.8, 4) is 0 Å². The van der Waals surface area contributed by atoms with E-state index in [1.54, 1.807) is 18.2 Å². The zero-order valence-electron chi connectivity index (χ0n) is 7.56. The average molecular weight is 224 g/mol. The molecular weight excluding hydrogens is 216 g/mol. The summed E-state index contributed by atoms with van der Waals surface area (Å²) >= 11 is 4.85. The maximum absolute atomic E-state index is 10.8. The number of hydrazine groups is 1. The van der Waals surface area contributed by atoms with E-state index in [-0.39, 0.29) is 11.9 Å². The lowest BCUT2D eigenvalue weighted by atomic mass is 10.1. The Morgan fingerprint density at radius 3 is 2.73 bits per heavy atom. The molecule has 1 atom stereocenters. The number of nitrogens with zero attached hydrogens (tertiary/aromatic N) is 1. The summed E-state index contributed by atoms with van der Waals surface area (Å²) in [6.07, 6.45) is -0.362. The van der Waals surface area contributed by atoms with Crippen molar-refractivity contribution >= 4 is 23.0 Å². The first-order valence-electron chi connectivity index (χ1n) is 4.24. The predicted octanol–water partition coefficient (Wildman–Crippen LogP) is 0.576. The van der Waals surface area contributed by atoms with Crippen molar-refractivity contribution in [3.63, 3.8) is 0 Å². The normalized spacial score (nSPS) is 19.5. The van der Waals surface area contributed by atoms with Gasteiger partial charge in [0, 0.05) is 6.07 Å². The molecule has 0 aliphatic carbocycles. The van der Waals surface area contributed by atoms with Crippen molar-refractivity contribution in [3.05, 3.63) is 39.9 Å². The molecule has 7 heteroatoms. The monoisotopic (exact) mass is 224 g/mol. The van der Waals surface area contributed by atoms with E-state index in [0.717, 1.165) is 0 Å². The second-order valence-corrected chi connectivity index (χ2v) is 3.40. The van der Waals surface area contributed by atoms with Gasteiger partial charge in [-0.3, -0.25) is 15.5 Å². The van der Waals surface area contributed by atoms with Gasteiger partial charge in [0.1, 0.15) is 6.17 Å². The highest BCUT2D eigenvalue weighted by Crippen LogP contribution is 2.23. The SMILES string of the molecule is O=[N+]([O-])c1ccccc1C1NNC(=S)N1. The summed E-state index contributed by atoms with van der Waals surface area (Å²) in [4.78, 5) is 10.3. The van der Waals surface area contributed by atoms with Crippen LogP contribution >= 0.6 is 12.2 Å². The van der Waals surface area contributed by atoms with Crippen LogP contribution in [0.15, 0.2) is 24.3 Å². The zero-order valence-corrected chi connectivity index (χ0v) is 8.38. The number of para-hydroxylation sites is 1. The molecule has 0 spiro atoms. The van der Waals surface area contributed by atoms with Gasteiger partial charge in [-0.2, -0.15) is 0 Å². The fourth-order valence-corrected chi connectivity index (χ4v) is 1.57. The highest BCUT2D eigenvalue weighted by atomic mass is 32.1. The minimum absolute atomic E-state index is 0.0639. The Hall–Kier alpha value is -1.73. The van der Waals surface area contributed by atoms with Gasteiger partial charge in [0.2, 0.25) is 0 Å². The topological polar surface area (TPSA) is 79.2 Å². The number of rotatable bonds is 2. The van der Waals surface area contributed by atoms with Crippen molar-refractivity contribution in [2.24, 2.45) is 0 Å². The van der Waals surface area contributed by atoms with E-state index < -0.39 is 4.92 Å². The van der Waals surface area contributed by atoms with Crippen LogP contribution in [0, 0.1) is 10.1 Å². The zero-order chi connectivity index (χ0) is 10.8. The molecule has 3 N–H and O–H groups in total. The number of benzene rings is 1. The molecule has 1 aliphatic rings. The van der Waals surface area contributed by atoms with Gasteiger partial charge in [0.15, 0.2) is 5.11 Å². The second kappa shape index (κ2) is 3.79. The van der Waals surface area contributed by atoms with E-state index in [1.165, 1.54) is 6.07 Å². The number of nitro benzene ring substituents is 1. The molecule has 1 aromatic carbocycles. The summed E-state index contributed by atoms with van der Waals surface area (Å²) in [6, 6.07) is 6.51. The molecule has 0 saturated carbocycles. The van der Waals surface area contributed by atoms with E-state index in [4.69, 9.17) is 12.2 Å². The first kappa shape index (κ1) is 9.81. The van der Waals surface area contributed by atoms with E-state index in [9.17, 15) is 10.1 Å². The minimum Gasteiger partial charge on any atom is -0.341 e. The second-order valence-electron chi connectivity index (χ2n) is 2.99. The molecule has 0 amide bonds. The van der Waals surface area contributed by atoms with Crippen LogP contribution in [0.25, 0.3) is 0 Å². The third-order valence-corrected chi connectivity index (χ3v) is 2.27. The summed E-state index contributed by atoms with van der Waals surface area (Å²) in [5.74, 6) is 0. The average Bonchev–Trinajstić information content (AvgIpc) is 2.65. The van der Waals surface area contributed by atoms with Gasteiger partial charge < -0.3 is 5.32 Å². The number of nitro groups is 1. The third-order valence-electron chi connectivity index (χ3n) is 2.05. The molecule has 78 valence electrons. The maximum atomic E-state index is 10.8. The van der Waals surface area contributed by atoms with Crippen LogP contribution in [0.3, 0.4) is 0 Å². The minimum atomic E-state index is -0.417. The Balaban J connectivity index is 2.35. The molecule has 1 fully saturated rings. The van der Waals surface area contributed by atoms with Crippen molar-refractivity contribution in [2.75, 3.05) is 0 Å². The van der Waals surface area contributed by atoms with E-state index in [1.807, 2.05) is 0 Å². The fourth-order valence-electron chi connectivity index (χ4n) is 1.39. The van der Waals surface area contributed by atoms with Gasteiger partial charge in [0.25, 0.3) is 5.69 Å². The Morgan fingerprint density at radius 1 is 1.40 bits per heavy atom. The molecule has 6 nitrogen and oxygen atoms in total. The smallest absolute Gasteiger partial charge is 0.276 e. The predicted molar refractivity (Wildman–Crippen MR) is 57.8 cm³/mol. The van der Waals surface area contributed by atoms with Crippen LogP contribution in [0.5, 0.6) is 0 Å². The standard InChI is InChI=1S/C8H8N4O2S/c13-12(14)6-4-2-1-3-5(6)7-9-8(15)11-10-7/h1-4,7,10H,(H2,9,11,15). The molecule has 0 radical (unpaired) electrons. The molecule has 0 bridgehead atoms. The van der Waals surface area contributed by atoms with Gasteiger partial charge in [-0.25, -0.2) is 5.43 Å². The molecule has 1 saturated heterocycles. The highest BCUT2D eigenvalue weighted by molar-refractivity contribution is 7.80. The Kier molecular flexibility index (Phi) is 2.48. The lowest BCUT2D eigenvalue weighted by molar-refractivity contribution is -0.385. The fraction of sp³-hybridized carbons (Fsp3) is 0.125. The third kappa shape index (κ3) is 1.88. The Bertz CT molecular complexity index is 423. The summed E-state index contributed by atoms with van der Waals surface area (Å²) in [7, 11) is 0. The van der Waals surface area contributed by atoms with Crippen molar-refractivity contribution in [1.29, 1.82) is 0 Å². The van der Waals surface area contributed by atoms with Crippen LogP contribution in [0.2, 0.25) is 0 Å². The van der Waals surface area contributed by atoms with Gasteiger partial charge in [0.05, 0.1) is 10.5 Å². The summed E-state index contributed by atoms with van der Waals surface area (Å²) in [5.41, 5.74) is 6.11. The van der Waals surface area contributed by atoms with Crippen molar-refractivity contribution < 1.29 is 4.92 Å². The highest BCUT2D eigenvalue weighted by Gasteiger charge is 2.25. The Labute approximate surface area is 90.8 Å². The van der Waals surface area contributed by atoms with Crippen LogP contribution in [0.1, 0.15) is 11.7 Å². The molecule has 1 aromatic rings. The molecule has 0 aromatic heterocycles. The number of thiocarbonyl (C=S) groups is 1. The summed E-state index contributed by atoms with van der Waals surface area (Å²) < 4.78 is 0. The van der Waals surface area contributed by atoms with E-state index in [2.05, 4.69) is 16.2 Å². The summed E-state index contributed by atoms with van der Waals surface area (Å²) in [6.45, 7) is 0. The Morgan fingerprint density at radius 2 is 2.13 bits per heavy atom. The van der Waals surface area contributed by atoms with Crippen molar-refractivity contribution in [2.45, 2.75) is 6.17 Å². The number of hydrogen-bond donors (Lipinski definition) is 3. The van der Waals surface area contributed by atoms with Crippen molar-refractivity contribution in [1.82, 2.24) is 16.2 Å². The lowest BCUT2D eigenvalue weighted by Gasteiger charge is -2.09. The van der Waals surface area contributed by atoms with Gasteiger partial charge >= 0.3 is 0 Å². The maximum Gasteiger partial charge on any atom is 0.276 e. The van der Waals surface area contributed by atoms with Gasteiger partial charge in [-0.15, -0.1) is 0 Å². The van der Waals surface area contributed by atoms with Crippen LogP contribution < -0.4 is 16.2 Å². The largest absolute Gasteiger partial charge is 0.341 e. The first-order chi connectivity index (χ1) is 7.18. The van der Waals surface area contributed by atoms with Gasteiger partial charge in [-0.1, -0.05) is 12.1 Å². The molecule has 15 heavy (non-hydrogen) atoms.